The monoisotopic (exact) mass is 353 g/mol. The fraction of sp³-hybridized carbons (Fsp3) is 0.550. The van der Waals surface area contributed by atoms with Crippen LogP contribution in [0.4, 0.5) is 0 Å². The van der Waals surface area contributed by atoms with Crippen LogP contribution in [0.3, 0.4) is 0 Å². The van der Waals surface area contributed by atoms with Gasteiger partial charge in [0.15, 0.2) is 0 Å². The molecule has 4 rings (SSSR count). The lowest BCUT2D eigenvalue weighted by Crippen LogP contribution is -2.42. The smallest absolute Gasteiger partial charge is 0.226 e. The molecular weight excluding hydrogens is 326 g/mol. The minimum Gasteiger partial charge on any atom is -0.350 e. The summed E-state index contributed by atoms with van der Waals surface area (Å²) in [5.74, 6) is -0.0153. The second kappa shape index (κ2) is 7.99. The first-order chi connectivity index (χ1) is 12.8. The summed E-state index contributed by atoms with van der Waals surface area (Å²) < 4.78 is 2.11. The molecule has 0 bridgehead atoms. The number of fused-ring (bicyclic) bond motifs is 1. The van der Waals surface area contributed by atoms with E-state index in [4.69, 9.17) is 0 Å². The second-order valence-corrected chi connectivity index (χ2v) is 7.39. The normalized spacial score (nSPS) is 18.5. The van der Waals surface area contributed by atoms with Crippen molar-refractivity contribution in [3.8, 4) is 0 Å². The largest absolute Gasteiger partial charge is 0.350 e. The molecular formula is C20H27N5O. The van der Waals surface area contributed by atoms with Crippen molar-refractivity contribution in [2.24, 2.45) is 0 Å². The molecule has 1 amide bonds. The lowest BCUT2D eigenvalue weighted by atomic mass is 9.94. The van der Waals surface area contributed by atoms with Crippen molar-refractivity contribution in [2.75, 3.05) is 6.54 Å². The van der Waals surface area contributed by atoms with Gasteiger partial charge in [-0.2, -0.15) is 5.10 Å². The van der Waals surface area contributed by atoms with Gasteiger partial charge in [-0.05, 0) is 31.0 Å². The van der Waals surface area contributed by atoms with Gasteiger partial charge in [0, 0.05) is 31.0 Å². The van der Waals surface area contributed by atoms with Crippen molar-refractivity contribution in [2.45, 2.75) is 64.2 Å². The van der Waals surface area contributed by atoms with E-state index < -0.39 is 0 Å². The van der Waals surface area contributed by atoms with Gasteiger partial charge in [-0.1, -0.05) is 25.3 Å². The number of nitrogens with one attached hydrogen (secondary N) is 1. The van der Waals surface area contributed by atoms with E-state index in [0.29, 0.717) is 13.0 Å². The minimum absolute atomic E-state index is 0.0153. The van der Waals surface area contributed by atoms with E-state index in [1.165, 1.54) is 37.8 Å². The van der Waals surface area contributed by atoms with Crippen molar-refractivity contribution in [3.05, 3.63) is 47.5 Å². The molecule has 2 aliphatic rings. The Morgan fingerprint density at radius 1 is 1.15 bits per heavy atom. The molecule has 6 nitrogen and oxygen atoms in total. The van der Waals surface area contributed by atoms with Gasteiger partial charge in [-0.3, -0.25) is 19.4 Å². The van der Waals surface area contributed by atoms with Gasteiger partial charge in [0.1, 0.15) is 0 Å². The summed E-state index contributed by atoms with van der Waals surface area (Å²) in [4.78, 5) is 18.9. The number of hydrogen-bond acceptors (Lipinski definition) is 4. The third-order valence-corrected chi connectivity index (χ3v) is 5.50. The average Bonchev–Trinajstić information content (AvgIpc) is 3.10. The van der Waals surface area contributed by atoms with Gasteiger partial charge < -0.3 is 5.32 Å². The van der Waals surface area contributed by atoms with Crippen molar-refractivity contribution in [1.82, 2.24) is 25.0 Å². The molecule has 1 saturated carbocycles. The second-order valence-electron chi connectivity index (χ2n) is 7.39. The molecule has 2 aromatic rings. The molecule has 1 N–H and O–H groups in total. The van der Waals surface area contributed by atoms with E-state index in [-0.39, 0.29) is 5.91 Å². The summed E-state index contributed by atoms with van der Waals surface area (Å²) in [6, 6.07) is 8.52. The van der Waals surface area contributed by atoms with Crippen molar-refractivity contribution < 1.29 is 4.79 Å². The molecule has 0 aromatic carbocycles. The van der Waals surface area contributed by atoms with Crippen LogP contribution < -0.4 is 5.32 Å². The maximum atomic E-state index is 12.1. The molecule has 138 valence electrons. The van der Waals surface area contributed by atoms with Crippen LogP contribution in [0.15, 0.2) is 30.5 Å². The topological polar surface area (TPSA) is 63.1 Å². The van der Waals surface area contributed by atoms with Gasteiger partial charge in [-0.25, -0.2) is 0 Å². The lowest BCUT2D eigenvalue weighted by Gasteiger charge is -2.36. The summed E-state index contributed by atoms with van der Waals surface area (Å²) in [6.45, 7) is 3.51. The Bertz CT molecular complexity index is 736. The molecule has 0 unspecified atom stereocenters. The summed E-state index contributed by atoms with van der Waals surface area (Å²) in [6.07, 6.45) is 8.83. The Kier molecular flexibility index (Phi) is 5.29. The highest BCUT2D eigenvalue weighted by atomic mass is 16.1. The Morgan fingerprint density at radius 2 is 2.04 bits per heavy atom. The molecule has 2 aromatic heterocycles. The van der Waals surface area contributed by atoms with E-state index in [2.05, 4.69) is 31.0 Å². The quantitative estimate of drug-likeness (QED) is 0.896. The average molecular weight is 353 g/mol. The molecule has 1 fully saturated rings. The Labute approximate surface area is 154 Å². The Balaban J connectivity index is 1.31. The van der Waals surface area contributed by atoms with Gasteiger partial charge in [0.25, 0.3) is 0 Å². The highest BCUT2D eigenvalue weighted by Crippen LogP contribution is 2.26. The first-order valence-electron chi connectivity index (χ1n) is 9.74. The number of carbonyl (C=O) groups is 1. The third-order valence-electron chi connectivity index (χ3n) is 5.50. The summed E-state index contributed by atoms with van der Waals surface area (Å²) >= 11 is 0. The van der Waals surface area contributed by atoms with Crippen molar-refractivity contribution in [1.29, 1.82) is 0 Å². The van der Waals surface area contributed by atoms with E-state index in [1.54, 1.807) is 6.20 Å². The number of pyridine rings is 1. The molecule has 0 atom stereocenters. The molecule has 1 aliphatic carbocycles. The van der Waals surface area contributed by atoms with E-state index in [9.17, 15) is 4.79 Å². The predicted molar refractivity (Wildman–Crippen MR) is 99.3 cm³/mol. The fourth-order valence-electron chi connectivity index (χ4n) is 4.11. The van der Waals surface area contributed by atoms with E-state index in [0.717, 1.165) is 37.1 Å². The zero-order chi connectivity index (χ0) is 17.8. The van der Waals surface area contributed by atoms with Gasteiger partial charge >= 0.3 is 0 Å². The van der Waals surface area contributed by atoms with Crippen molar-refractivity contribution in [3.63, 3.8) is 0 Å². The van der Waals surface area contributed by atoms with Crippen LogP contribution in [0, 0.1) is 0 Å². The zero-order valence-corrected chi connectivity index (χ0v) is 15.2. The van der Waals surface area contributed by atoms with Crippen LogP contribution in [-0.4, -0.2) is 38.2 Å². The predicted octanol–water partition coefficient (Wildman–Crippen LogP) is 2.29. The van der Waals surface area contributed by atoms with Gasteiger partial charge in [-0.15, -0.1) is 0 Å². The minimum atomic E-state index is -0.0153. The number of carbonyl (C=O) groups excluding carboxylic acids is 1. The molecule has 0 spiro atoms. The molecule has 1 aliphatic heterocycles. The van der Waals surface area contributed by atoms with Crippen LogP contribution in [-0.2, 0) is 30.8 Å². The Hall–Kier alpha value is -2.21. The summed E-state index contributed by atoms with van der Waals surface area (Å²) in [5.41, 5.74) is 3.01. The highest BCUT2D eigenvalue weighted by molar-refractivity contribution is 5.77. The number of hydrogen-bond donors (Lipinski definition) is 1. The SMILES string of the molecule is O=C(Cc1ccccn1)NCc1cc2n(n1)CCN(C1CCCCC1)C2. The summed E-state index contributed by atoms with van der Waals surface area (Å²) in [5, 5.41) is 7.63. The molecule has 0 radical (unpaired) electrons. The molecule has 3 heterocycles. The van der Waals surface area contributed by atoms with Gasteiger partial charge in [0.05, 0.1) is 30.9 Å². The van der Waals surface area contributed by atoms with E-state index >= 15 is 0 Å². The molecule has 6 heteroatoms. The first kappa shape index (κ1) is 17.2. The number of amides is 1. The third kappa shape index (κ3) is 4.12. The maximum Gasteiger partial charge on any atom is 0.226 e. The number of rotatable bonds is 5. The standard InChI is InChI=1S/C20H27N5O/c26-20(13-16-6-4-5-9-21-16)22-14-17-12-19-15-24(10-11-25(19)23-17)18-7-2-1-3-8-18/h4-6,9,12,18H,1-3,7-8,10-11,13-15H2,(H,22,26). The Morgan fingerprint density at radius 3 is 2.85 bits per heavy atom. The lowest BCUT2D eigenvalue weighted by molar-refractivity contribution is -0.120. The van der Waals surface area contributed by atoms with Crippen LogP contribution in [0.25, 0.3) is 0 Å². The van der Waals surface area contributed by atoms with Gasteiger partial charge in [0.2, 0.25) is 5.91 Å². The fourth-order valence-corrected chi connectivity index (χ4v) is 4.11. The first-order valence-corrected chi connectivity index (χ1v) is 9.74. The van der Waals surface area contributed by atoms with Crippen LogP contribution in [0.1, 0.15) is 49.2 Å². The molecule has 26 heavy (non-hydrogen) atoms. The van der Waals surface area contributed by atoms with Crippen LogP contribution >= 0.6 is 0 Å². The summed E-state index contributed by atoms with van der Waals surface area (Å²) in [7, 11) is 0. The molecule has 0 saturated heterocycles. The number of aromatic nitrogens is 3. The highest BCUT2D eigenvalue weighted by Gasteiger charge is 2.25. The van der Waals surface area contributed by atoms with Crippen LogP contribution in [0.2, 0.25) is 0 Å². The van der Waals surface area contributed by atoms with Crippen molar-refractivity contribution >= 4 is 5.91 Å². The maximum absolute atomic E-state index is 12.1. The van der Waals surface area contributed by atoms with E-state index in [1.807, 2.05) is 18.2 Å². The zero-order valence-electron chi connectivity index (χ0n) is 15.2. The van der Waals surface area contributed by atoms with Crippen LogP contribution in [0.5, 0.6) is 0 Å². The number of nitrogens with zero attached hydrogens (tertiary/aromatic N) is 4.